The van der Waals surface area contributed by atoms with Crippen LogP contribution in [0.3, 0.4) is 0 Å². The maximum Gasteiger partial charge on any atom is 0.193 e. The van der Waals surface area contributed by atoms with Crippen molar-refractivity contribution in [2.24, 2.45) is 4.99 Å². The van der Waals surface area contributed by atoms with Crippen molar-refractivity contribution < 1.29 is 8.42 Å². The Kier molecular flexibility index (Phi) is 10.2. The van der Waals surface area contributed by atoms with Gasteiger partial charge in [0.15, 0.2) is 15.8 Å². The molecule has 2 rings (SSSR count). The Morgan fingerprint density at radius 1 is 1.30 bits per heavy atom. The van der Waals surface area contributed by atoms with E-state index in [-0.39, 0.29) is 35.5 Å². The van der Waals surface area contributed by atoms with Gasteiger partial charge < -0.3 is 10.2 Å². The molecule has 0 amide bonds. The molecule has 1 aromatic heterocycles. The quantitative estimate of drug-likeness (QED) is 0.250. The molecule has 0 aliphatic carbocycles. The van der Waals surface area contributed by atoms with Crippen molar-refractivity contribution in [1.29, 1.82) is 0 Å². The van der Waals surface area contributed by atoms with Gasteiger partial charge in [0.1, 0.15) is 0 Å². The smallest absolute Gasteiger partial charge is 0.193 e. The van der Waals surface area contributed by atoms with Gasteiger partial charge in [-0.3, -0.25) is 4.99 Å². The number of sulfone groups is 1. The van der Waals surface area contributed by atoms with Crippen molar-refractivity contribution in [1.82, 2.24) is 15.2 Å². The average Bonchev–Trinajstić information content (AvgIpc) is 3.00. The topological polar surface area (TPSA) is 74.7 Å². The molecule has 150 valence electrons. The fourth-order valence-electron chi connectivity index (χ4n) is 2.58. The molecule has 2 aromatic rings. The van der Waals surface area contributed by atoms with E-state index in [1.165, 1.54) is 0 Å². The highest BCUT2D eigenvalue weighted by Crippen LogP contribution is 2.10. The molecule has 9 heteroatoms. The van der Waals surface area contributed by atoms with E-state index in [0.29, 0.717) is 19.5 Å². The van der Waals surface area contributed by atoms with E-state index in [1.807, 2.05) is 54.6 Å². The number of nitrogens with zero attached hydrogens (tertiary/aromatic N) is 3. The highest BCUT2D eigenvalue weighted by atomic mass is 127. The third kappa shape index (κ3) is 8.56. The highest BCUT2D eigenvalue weighted by molar-refractivity contribution is 14.0. The predicted molar refractivity (Wildman–Crippen MR) is 124 cm³/mol. The lowest BCUT2D eigenvalue weighted by atomic mass is 10.2. The molecule has 1 heterocycles. The zero-order valence-electron chi connectivity index (χ0n) is 15.9. The minimum absolute atomic E-state index is 0. The van der Waals surface area contributed by atoms with Crippen molar-refractivity contribution in [3.8, 4) is 0 Å². The van der Waals surface area contributed by atoms with Gasteiger partial charge in [-0.2, -0.15) is 0 Å². The normalized spacial score (nSPS) is 11.7. The lowest BCUT2D eigenvalue weighted by Gasteiger charge is -2.21. The summed E-state index contributed by atoms with van der Waals surface area (Å²) in [6.45, 7) is 3.20. The summed E-state index contributed by atoms with van der Waals surface area (Å²) in [5.74, 6) is 0.975. The van der Waals surface area contributed by atoms with Crippen LogP contribution in [0.1, 0.15) is 22.7 Å². The Labute approximate surface area is 183 Å². The first kappa shape index (κ1) is 23.8. The van der Waals surface area contributed by atoms with Crippen LogP contribution >= 0.6 is 35.3 Å². The van der Waals surface area contributed by atoms with E-state index in [4.69, 9.17) is 0 Å². The summed E-state index contributed by atoms with van der Waals surface area (Å²) in [6.07, 6.45) is 0.540. The van der Waals surface area contributed by atoms with Gasteiger partial charge in [-0.15, -0.1) is 35.3 Å². The van der Waals surface area contributed by atoms with Crippen LogP contribution in [0.4, 0.5) is 0 Å². The second kappa shape index (κ2) is 11.6. The summed E-state index contributed by atoms with van der Waals surface area (Å²) in [5, 5.41) is 6.30. The van der Waals surface area contributed by atoms with Crippen LogP contribution in [-0.4, -0.2) is 50.7 Å². The van der Waals surface area contributed by atoms with Crippen molar-refractivity contribution >= 4 is 51.1 Å². The molecule has 0 saturated carbocycles. The number of hydrogen-bond donors (Lipinski definition) is 1. The first-order valence-corrected chi connectivity index (χ1v) is 11.2. The number of benzene rings is 1. The van der Waals surface area contributed by atoms with Crippen LogP contribution < -0.4 is 5.32 Å². The monoisotopic (exact) mass is 522 g/mol. The molecule has 0 spiro atoms. The number of hydrogen-bond acceptors (Lipinski definition) is 5. The number of thiazole rings is 1. The zero-order valence-corrected chi connectivity index (χ0v) is 19.8. The molecule has 6 nitrogen and oxygen atoms in total. The lowest BCUT2D eigenvalue weighted by Crippen LogP contribution is -2.39. The van der Waals surface area contributed by atoms with Crippen LogP contribution in [0, 0.1) is 6.92 Å². The third-order valence-corrected chi connectivity index (χ3v) is 6.29. The van der Waals surface area contributed by atoms with Crippen LogP contribution in [0.15, 0.2) is 40.7 Å². The van der Waals surface area contributed by atoms with Crippen molar-refractivity contribution in [3.05, 3.63) is 52.0 Å². The van der Waals surface area contributed by atoms with Gasteiger partial charge >= 0.3 is 0 Å². The summed E-state index contributed by atoms with van der Waals surface area (Å²) in [7, 11) is 0.553. The molecule has 0 radical (unpaired) electrons. The largest absolute Gasteiger partial charge is 0.356 e. The molecule has 0 saturated heterocycles. The van der Waals surface area contributed by atoms with Gasteiger partial charge in [0, 0.05) is 26.0 Å². The Morgan fingerprint density at radius 2 is 2.00 bits per heavy atom. The minimum Gasteiger partial charge on any atom is -0.356 e. The third-order valence-electron chi connectivity index (χ3n) is 3.78. The molecule has 1 aromatic carbocycles. The van der Waals surface area contributed by atoms with Gasteiger partial charge in [-0.1, -0.05) is 30.3 Å². The van der Waals surface area contributed by atoms with Crippen molar-refractivity contribution in [3.63, 3.8) is 0 Å². The molecule has 0 unspecified atom stereocenters. The fraction of sp³-hybridized carbons (Fsp3) is 0.444. The molecule has 0 atom stereocenters. The SMILES string of the molecule is CN=C(NCCCS(=O)(=O)Cc1ccccc1)N(C)Cc1csc(C)n1.I. The number of rotatable bonds is 8. The van der Waals surface area contributed by atoms with Gasteiger partial charge in [0.2, 0.25) is 0 Å². The second-order valence-electron chi connectivity index (χ2n) is 6.12. The Morgan fingerprint density at radius 3 is 2.59 bits per heavy atom. The first-order valence-electron chi connectivity index (χ1n) is 8.47. The average molecular weight is 522 g/mol. The highest BCUT2D eigenvalue weighted by Gasteiger charge is 2.13. The van der Waals surface area contributed by atoms with Gasteiger partial charge in [0.25, 0.3) is 0 Å². The van der Waals surface area contributed by atoms with Crippen molar-refractivity contribution in [2.75, 3.05) is 26.4 Å². The maximum atomic E-state index is 12.2. The minimum atomic E-state index is -3.11. The Bertz CT molecular complexity index is 823. The lowest BCUT2D eigenvalue weighted by molar-refractivity contribution is 0.470. The van der Waals surface area contributed by atoms with E-state index in [9.17, 15) is 8.42 Å². The fourth-order valence-corrected chi connectivity index (χ4v) is 4.61. The second-order valence-corrected chi connectivity index (χ2v) is 9.37. The number of aromatic nitrogens is 1. The molecule has 0 aliphatic rings. The summed E-state index contributed by atoms with van der Waals surface area (Å²) in [6, 6.07) is 9.28. The summed E-state index contributed by atoms with van der Waals surface area (Å²) in [4.78, 5) is 10.7. The van der Waals surface area contributed by atoms with Crippen LogP contribution in [0.5, 0.6) is 0 Å². The number of aliphatic imine (C=N–C) groups is 1. The van der Waals surface area contributed by atoms with E-state index in [2.05, 4.69) is 15.3 Å². The molecular formula is C18H27IN4O2S2. The van der Waals surface area contributed by atoms with E-state index < -0.39 is 9.84 Å². The van der Waals surface area contributed by atoms with E-state index >= 15 is 0 Å². The van der Waals surface area contributed by atoms with Gasteiger partial charge in [-0.25, -0.2) is 13.4 Å². The Hall–Kier alpha value is -1.20. The number of aryl methyl sites for hydroxylation is 1. The summed E-state index contributed by atoms with van der Waals surface area (Å²) >= 11 is 1.63. The molecule has 0 fully saturated rings. The molecular weight excluding hydrogens is 495 g/mol. The van der Waals surface area contributed by atoms with Crippen LogP contribution in [0.2, 0.25) is 0 Å². The van der Waals surface area contributed by atoms with Gasteiger partial charge in [-0.05, 0) is 18.9 Å². The van der Waals surface area contributed by atoms with Crippen LogP contribution in [-0.2, 0) is 22.1 Å². The van der Waals surface area contributed by atoms with E-state index in [1.54, 1.807) is 18.4 Å². The molecule has 0 bridgehead atoms. The molecule has 1 N–H and O–H groups in total. The maximum absolute atomic E-state index is 12.2. The van der Waals surface area contributed by atoms with Crippen molar-refractivity contribution in [2.45, 2.75) is 25.6 Å². The number of nitrogens with one attached hydrogen (secondary N) is 1. The van der Waals surface area contributed by atoms with E-state index in [0.717, 1.165) is 22.2 Å². The first-order chi connectivity index (χ1) is 12.4. The zero-order chi connectivity index (χ0) is 19.0. The standard InChI is InChI=1S/C18H26N4O2S2.HI/c1-15-21-17(13-25-15)12-22(3)18(19-2)20-10-7-11-26(23,24)14-16-8-5-4-6-9-16;/h4-6,8-9,13H,7,10-12,14H2,1-3H3,(H,19,20);1H. The summed E-state index contributed by atoms with van der Waals surface area (Å²) < 4.78 is 24.4. The van der Waals surface area contributed by atoms with Crippen LogP contribution in [0.25, 0.3) is 0 Å². The number of guanidine groups is 1. The molecule has 0 aliphatic heterocycles. The number of halogens is 1. The summed E-state index contributed by atoms with van der Waals surface area (Å²) in [5.41, 5.74) is 1.83. The Balaban J connectivity index is 0.00000364. The molecule has 27 heavy (non-hydrogen) atoms. The van der Waals surface area contributed by atoms with Gasteiger partial charge in [0.05, 0.1) is 28.8 Å². The predicted octanol–water partition coefficient (Wildman–Crippen LogP) is 3.08.